The Labute approximate surface area is 159 Å². The average molecular weight is 364 g/mol. The number of fused-ring (bicyclic) bond motifs is 2. The van der Waals surface area contributed by atoms with Gasteiger partial charge in [0.1, 0.15) is 5.82 Å². The highest BCUT2D eigenvalue weighted by Gasteiger charge is 2.18. The van der Waals surface area contributed by atoms with Crippen LogP contribution < -0.4 is 27.4 Å². The number of hydrogen-bond donors (Lipinski definition) is 5. The first-order valence-electron chi connectivity index (χ1n) is 8.65. The molecule has 2 heterocycles. The summed E-state index contributed by atoms with van der Waals surface area (Å²) in [6.07, 6.45) is 2.61. The van der Waals surface area contributed by atoms with Crippen molar-refractivity contribution in [1.82, 2.24) is 20.9 Å². The van der Waals surface area contributed by atoms with Crippen LogP contribution >= 0.6 is 0 Å². The number of para-hydroxylation sites is 2. The second-order valence-corrected chi connectivity index (χ2v) is 5.99. The van der Waals surface area contributed by atoms with Crippen LogP contribution in [0.4, 0.5) is 23.1 Å². The maximum Gasteiger partial charge on any atom is 0.224 e. The van der Waals surface area contributed by atoms with Crippen molar-refractivity contribution in [2.75, 3.05) is 17.2 Å². The van der Waals surface area contributed by atoms with Crippen molar-refractivity contribution >= 4 is 29.0 Å². The highest BCUT2D eigenvalue weighted by atomic mass is 15.5. The first kappa shape index (κ1) is 17.0. The molecule has 27 heavy (non-hydrogen) atoms. The number of amidine groups is 1. The molecule has 0 amide bonds. The summed E-state index contributed by atoms with van der Waals surface area (Å²) in [5, 5.41) is 6.60. The molecule has 0 bridgehead atoms. The van der Waals surface area contributed by atoms with Crippen molar-refractivity contribution in [2.45, 2.75) is 6.42 Å². The molecule has 0 fully saturated rings. The maximum atomic E-state index is 5.42. The monoisotopic (exact) mass is 364 g/mol. The van der Waals surface area contributed by atoms with Crippen molar-refractivity contribution in [3.8, 4) is 0 Å². The molecule has 8 heteroatoms. The molecule has 0 radical (unpaired) electrons. The third kappa shape index (κ3) is 3.86. The van der Waals surface area contributed by atoms with Crippen molar-refractivity contribution in [1.29, 1.82) is 0 Å². The Morgan fingerprint density at radius 1 is 1.04 bits per heavy atom. The summed E-state index contributed by atoms with van der Waals surface area (Å²) < 4.78 is 0. The van der Waals surface area contributed by atoms with E-state index in [0.29, 0.717) is 17.6 Å². The summed E-state index contributed by atoms with van der Waals surface area (Å²) in [6.45, 7) is 0.739. The summed E-state index contributed by atoms with van der Waals surface area (Å²) in [7, 11) is 0. The summed E-state index contributed by atoms with van der Waals surface area (Å²) in [5.41, 5.74) is 8.90. The van der Waals surface area contributed by atoms with E-state index in [9.17, 15) is 0 Å². The molecule has 2 aromatic carbocycles. The standard InChI is InChI=1S/C19H20N8.2H2/c20-27-26-18-14-12-22-19(21-11-10-13-6-2-1-3-7-13)25-17(14)23-15-8-4-5-9-16(15)24-18;;/h1-9,12,27H,10-11,20H2,(H,24,26)(H2,21,22,23,25);2*1H. The highest BCUT2D eigenvalue weighted by Crippen LogP contribution is 2.32. The molecule has 1 aromatic heterocycles. The van der Waals surface area contributed by atoms with Gasteiger partial charge >= 0.3 is 0 Å². The number of aliphatic imine (C=N–C) groups is 1. The topological polar surface area (TPSA) is 112 Å². The van der Waals surface area contributed by atoms with E-state index in [2.05, 4.69) is 48.7 Å². The minimum Gasteiger partial charge on any atom is -0.354 e. The van der Waals surface area contributed by atoms with Gasteiger partial charge in [-0.2, -0.15) is 10.5 Å². The molecule has 0 saturated carbocycles. The number of rotatable bonds is 5. The lowest BCUT2D eigenvalue weighted by Gasteiger charge is -2.12. The van der Waals surface area contributed by atoms with Gasteiger partial charge < -0.3 is 10.6 Å². The molecule has 8 nitrogen and oxygen atoms in total. The van der Waals surface area contributed by atoms with Gasteiger partial charge in [-0.15, -0.1) is 0 Å². The van der Waals surface area contributed by atoms with E-state index in [4.69, 9.17) is 5.84 Å². The quantitative estimate of drug-likeness (QED) is 0.349. The second kappa shape index (κ2) is 7.81. The van der Waals surface area contributed by atoms with Crippen LogP contribution in [0, 0.1) is 0 Å². The van der Waals surface area contributed by atoms with Gasteiger partial charge in [0, 0.05) is 15.6 Å². The number of nitrogens with two attached hydrogens (primary N) is 1. The summed E-state index contributed by atoms with van der Waals surface area (Å²) in [6, 6.07) is 18.0. The highest BCUT2D eigenvalue weighted by molar-refractivity contribution is 6.06. The van der Waals surface area contributed by atoms with Crippen molar-refractivity contribution < 1.29 is 2.85 Å². The predicted molar refractivity (Wildman–Crippen MR) is 111 cm³/mol. The zero-order valence-electron chi connectivity index (χ0n) is 14.6. The zero-order chi connectivity index (χ0) is 18.5. The lowest BCUT2D eigenvalue weighted by molar-refractivity contribution is 0.696. The first-order chi connectivity index (χ1) is 13.3. The van der Waals surface area contributed by atoms with Crippen LogP contribution in [0.3, 0.4) is 0 Å². The van der Waals surface area contributed by atoms with Gasteiger partial charge in [0.05, 0.1) is 16.9 Å². The van der Waals surface area contributed by atoms with Crippen molar-refractivity contribution in [3.05, 3.63) is 71.9 Å². The number of hydrazine groups is 2. The van der Waals surface area contributed by atoms with Crippen LogP contribution in [-0.2, 0) is 6.42 Å². The van der Waals surface area contributed by atoms with Crippen LogP contribution in [0.2, 0.25) is 0 Å². The van der Waals surface area contributed by atoms with Crippen molar-refractivity contribution in [3.63, 3.8) is 0 Å². The van der Waals surface area contributed by atoms with E-state index in [0.717, 1.165) is 29.9 Å². The molecule has 4 rings (SSSR count). The second-order valence-electron chi connectivity index (χ2n) is 5.99. The summed E-state index contributed by atoms with van der Waals surface area (Å²) in [4.78, 5) is 13.6. The third-order valence-corrected chi connectivity index (χ3v) is 4.16. The molecule has 0 spiro atoms. The fourth-order valence-electron chi connectivity index (χ4n) is 2.85. The Morgan fingerprint density at radius 2 is 1.85 bits per heavy atom. The summed E-state index contributed by atoms with van der Waals surface area (Å²) in [5.74, 6) is 7.17. The maximum absolute atomic E-state index is 5.42. The molecule has 0 unspecified atom stereocenters. The number of nitrogens with one attached hydrogen (secondary N) is 4. The van der Waals surface area contributed by atoms with Crippen LogP contribution in [0.15, 0.2) is 65.8 Å². The van der Waals surface area contributed by atoms with Crippen LogP contribution in [-0.4, -0.2) is 22.3 Å². The minimum atomic E-state index is 0. The summed E-state index contributed by atoms with van der Waals surface area (Å²) >= 11 is 0. The minimum absolute atomic E-state index is 0. The van der Waals surface area contributed by atoms with E-state index >= 15 is 0 Å². The molecular weight excluding hydrogens is 340 g/mol. The van der Waals surface area contributed by atoms with Gasteiger partial charge in [-0.05, 0) is 24.1 Å². The van der Waals surface area contributed by atoms with Crippen LogP contribution in [0.5, 0.6) is 0 Å². The van der Waals surface area contributed by atoms with E-state index in [1.165, 1.54) is 5.56 Å². The van der Waals surface area contributed by atoms with Gasteiger partial charge in [0.15, 0.2) is 5.84 Å². The molecule has 6 N–H and O–H groups in total. The van der Waals surface area contributed by atoms with Gasteiger partial charge in [-0.1, -0.05) is 42.5 Å². The third-order valence-electron chi connectivity index (χ3n) is 4.16. The lowest BCUT2D eigenvalue weighted by Crippen LogP contribution is -2.42. The van der Waals surface area contributed by atoms with Gasteiger partial charge in [-0.25, -0.2) is 9.98 Å². The van der Waals surface area contributed by atoms with Crippen molar-refractivity contribution in [2.24, 2.45) is 10.8 Å². The number of benzene rings is 2. The first-order valence-corrected chi connectivity index (χ1v) is 8.65. The predicted octanol–water partition coefficient (Wildman–Crippen LogP) is 2.73. The molecule has 0 aliphatic carbocycles. The van der Waals surface area contributed by atoms with E-state index in [1.807, 2.05) is 42.5 Å². The Balaban J connectivity index is 0.00000150. The molecule has 1 aliphatic heterocycles. The molecule has 0 saturated heterocycles. The smallest absolute Gasteiger partial charge is 0.224 e. The van der Waals surface area contributed by atoms with E-state index in [1.54, 1.807) is 6.20 Å². The van der Waals surface area contributed by atoms with Gasteiger partial charge in [0.25, 0.3) is 0 Å². The number of aromatic nitrogens is 2. The average Bonchev–Trinajstić information content (AvgIpc) is 2.85. The lowest BCUT2D eigenvalue weighted by atomic mass is 10.1. The number of anilines is 3. The normalized spacial score (nSPS) is 12.1. The molecular formula is C19H24N8. The Kier molecular flexibility index (Phi) is 4.91. The molecule has 1 aliphatic rings. The zero-order valence-corrected chi connectivity index (χ0v) is 14.6. The number of nitrogens with zero attached hydrogens (tertiary/aromatic N) is 3. The Bertz CT molecular complexity index is 965. The van der Waals surface area contributed by atoms with E-state index in [-0.39, 0.29) is 2.85 Å². The molecule has 3 aromatic rings. The fraction of sp³-hybridized carbons (Fsp3) is 0.105. The molecule has 0 atom stereocenters. The Morgan fingerprint density at radius 3 is 2.70 bits per heavy atom. The largest absolute Gasteiger partial charge is 0.354 e. The van der Waals surface area contributed by atoms with Gasteiger partial charge in [0.2, 0.25) is 5.95 Å². The number of hydrogen-bond acceptors (Lipinski definition) is 8. The van der Waals surface area contributed by atoms with Gasteiger partial charge in [-0.3, -0.25) is 11.3 Å². The molecule has 140 valence electrons. The SMILES string of the molecule is NNNC1=Nc2ccccc2Nc2nc(NCCc3ccccc3)ncc21.[HH].[HH]. The Hall–Kier alpha value is -3.49. The fourth-order valence-corrected chi connectivity index (χ4v) is 2.85. The van der Waals surface area contributed by atoms with Crippen LogP contribution in [0.25, 0.3) is 0 Å². The van der Waals surface area contributed by atoms with Crippen LogP contribution in [0.1, 0.15) is 14.0 Å². The van der Waals surface area contributed by atoms with E-state index < -0.39 is 0 Å².